The zero-order chi connectivity index (χ0) is 12.1. The number of likely N-dealkylation sites (N-methyl/N-ethyl adjacent to an activating group) is 1. The average Bonchev–Trinajstić information content (AvgIpc) is 2.73. The summed E-state index contributed by atoms with van der Waals surface area (Å²) in [7, 11) is 1.61. The maximum absolute atomic E-state index is 11.9. The zero-order valence-corrected chi connectivity index (χ0v) is 9.60. The second-order valence-corrected chi connectivity index (χ2v) is 3.80. The number of methoxy groups -OCH3 is 1. The maximum atomic E-state index is 11.9. The lowest BCUT2D eigenvalue weighted by atomic mass is 10.2. The molecule has 0 bridgehead atoms. The smallest absolute Gasteiger partial charge is 0.323 e. The van der Waals surface area contributed by atoms with Gasteiger partial charge in [-0.2, -0.15) is 0 Å². The Bertz CT molecular complexity index is 270. The van der Waals surface area contributed by atoms with Crippen LogP contribution in [0, 0.1) is 0 Å². The van der Waals surface area contributed by atoms with E-state index < -0.39 is 5.97 Å². The molecule has 1 aliphatic heterocycles. The Morgan fingerprint density at radius 3 is 2.69 bits per heavy atom. The highest BCUT2D eigenvalue weighted by Gasteiger charge is 2.32. The Morgan fingerprint density at radius 1 is 1.56 bits per heavy atom. The van der Waals surface area contributed by atoms with Crippen LogP contribution in [0.1, 0.15) is 13.3 Å². The standard InChI is InChI=1S/C10H18N2O4/c1-3-12(6-9(13)14)10(15)8-4-7(16-2)5-11-8/h7-8,11H,3-6H2,1-2H3,(H,13,14). The lowest BCUT2D eigenvalue weighted by Gasteiger charge is -2.22. The van der Waals surface area contributed by atoms with Crippen LogP contribution in [0.3, 0.4) is 0 Å². The number of ether oxygens (including phenoxy) is 1. The van der Waals surface area contributed by atoms with Gasteiger partial charge in [-0.05, 0) is 13.3 Å². The first-order valence-corrected chi connectivity index (χ1v) is 5.35. The second kappa shape index (κ2) is 5.81. The third-order valence-electron chi connectivity index (χ3n) is 2.74. The second-order valence-electron chi connectivity index (χ2n) is 3.80. The fourth-order valence-electron chi connectivity index (χ4n) is 1.80. The number of aliphatic carboxylic acids is 1. The molecule has 16 heavy (non-hydrogen) atoms. The molecule has 2 atom stereocenters. The van der Waals surface area contributed by atoms with Crippen LogP contribution in [-0.4, -0.2) is 60.8 Å². The van der Waals surface area contributed by atoms with Gasteiger partial charge in [-0.1, -0.05) is 0 Å². The number of hydrogen-bond donors (Lipinski definition) is 2. The van der Waals surface area contributed by atoms with Crippen LogP contribution in [0.2, 0.25) is 0 Å². The van der Waals surface area contributed by atoms with Gasteiger partial charge in [-0.3, -0.25) is 9.59 Å². The molecule has 6 nitrogen and oxygen atoms in total. The molecule has 0 aromatic heterocycles. The topological polar surface area (TPSA) is 78.9 Å². The van der Waals surface area contributed by atoms with Crippen molar-refractivity contribution in [2.75, 3.05) is 26.7 Å². The molecule has 1 aliphatic rings. The summed E-state index contributed by atoms with van der Waals surface area (Å²) in [6.45, 7) is 2.56. The molecule has 92 valence electrons. The van der Waals surface area contributed by atoms with Crippen molar-refractivity contribution in [3.63, 3.8) is 0 Å². The molecule has 1 saturated heterocycles. The summed E-state index contributed by atoms with van der Waals surface area (Å²) in [6, 6.07) is -0.316. The van der Waals surface area contributed by atoms with Crippen molar-refractivity contribution in [3.8, 4) is 0 Å². The van der Waals surface area contributed by atoms with Crippen molar-refractivity contribution >= 4 is 11.9 Å². The van der Waals surface area contributed by atoms with Crippen LogP contribution < -0.4 is 5.32 Å². The van der Waals surface area contributed by atoms with E-state index in [1.165, 1.54) is 4.90 Å². The molecule has 1 fully saturated rings. The van der Waals surface area contributed by atoms with Crippen LogP contribution in [0.15, 0.2) is 0 Å². The highest BCUT2D eigenvalue weighted by Crippen LogP contribution is 2.12. The summed E-state index contributed by atoms with van der Waals surface area (Å²) in [4.78, 5) is 23.8. The lowest BCUT2D eigenvalue weighted by molar-refractivity contribution is -0.145. The minimum atomic E-state index is -0.989. The van der Waals surface area contributed by atoms with Gasteiger partial charge >= 0.3 is 5.97 Å². The summed E-state index contributed by atoms with van der Waals surface area (Å²) >= 11 is 0. The van der Waals surface area contributed by atoms with Crippen molar-refractivity contribution in [1.29, 1.82) is 0 Å². The van der Waals surface area contributed by atoms with Gasteiger partial charge in [-0.15, -0.1) is 0 Å². The van der Waals surface area contributed by atoms with Gasteiger partial charge in [0.1, 0.15) is 6.54 Å². The SMILES string of the molecule is CCN(CC(=O)O)C(=O)C1CC(OC)CN1. The minimum absolute atomic E-state index is 0.0393. The minimum Gasteiger partial charge on any atom is -0.480 e. The Kier molecular flexibility index (Phi) is 4.70. The molecule has 1 amide bonds. The molecule has 0 aromatic carbocycles. The Hall–Kier alpha value is -1.14. The third-order valence-corrected chi connectivity index (χ3v) is 2.74. The highest BCUT2D eigenvalue weighted by molar-refractivity contribution is 5.85. The van der Waals surface area contributed by atoms with E-state index in [2.05, 4.69) is 5.32 Å². The van der Waals surface area contributed by atoms with Crippen molar-refractivity contribution in [1.82, 2.24) is 10.2 Å². The van der Waals surface area contributed by atoms with Crippen LogP contribution >= 0.6 is 0 Å². The Labute approximate surface area is 94.6 Å². The number of nitrogens with zero attached hydrogens (tertiary/aromatic N) is 1. The highest BCUT2D eigenvalue weighted by atomic mass is 16.5. The van der Waals surface area contributed by atoms with Gasteiger partial charge in [0.15, 0.2) is 0 Å². The molecule has 0 radical (unpaired) electrons. The third kappa shape index (κ3) is 3.18. The quantitative estimate of drug-likeness (QED) is 0.652. The van der Waals surface area contributed by atoms with E-state index >= 15 is 0 Å². The summed E-state index contributed by atoms with van der Waals surface area (Å²) in [5, 5.41) is 11.7. The number of carbonyl (C=O) groups is 2. The molecule has 0 spiro atoms. The molecular weight excluding hydrogens is 212 g/mol. The molecule has 0 aliphatic carbocycles. The summed E-state index contributed by atoms with van der Waals surface area (Å²) in [6.07, 6.45) is 0.642. The van der Waals surface area contributed by atoms with Crippen LogP contribution in [0.5, 0.6) is 0 Å². The van der Waals surface area contributed by atoms with Gasteiger partial charge in [0.25, 0.3) is 0 Å². The number of carbonyl (C=O) groups excluding carboxylic acids is 1. The maximum Gasteiger partial charge on any atom is 0.323 e. The number of rotatable bonds is 5. The Morgan fingerprint density at radius 2 is 2.25 bits per heavy atom. The fraction of sp³-hybridized carbons (Fsp3) is 0.800. The molecule has 1 rings (SSSR count). The van der Waals surface area contributed by atoms with Gasteiger partial charge in [0, 0.05) is 20.2 Å². The Balaban J connectivity index is 2.52. The number of nitrogens with one attached hydrogen (secondary N) is 1. The largest absolute Gasteiger partial charge is 0.480 e. The first kappa shape index (κ1) is 12.9. The molecule has 0 aromatic rings. The molecule has 0 saturated carbocycles. The van der Waals surface area contributed by atoms with Gasteiger partial charge < -0.3 is 20.1 Å². The molecular formula is C10H18N2O4. The molecule has 2 unspecified atom stereocenters. The van der Waals surface area contributed by atoms with Crippen molar-refractivity contribution in [2.45, 2.75) is 25.5 Å². The normalized spacial score (nSPS) is 24.4. The summed E-state index contributed by atoms with van der Waals surface area (Å²) in [5.41, 5.74) is 0. The number of carboxylic acids is 1. The van der Waals surface area contributed by atoms with Crippen molar-refractivity contribution in [2.24, 2.45) is 0 Å². The van der Waals surface area contributed by atoms with Crippen LogP contribution in [0.4, 0.5) is 0 Å². The zero-order valence-electron chi connectivity index (χ0n) is 9.60. The predicted molar refractivity (Wildman–Crippen MR) is 57.1 cm³/mol. The van der Waals surface area contributed by atoms with Crippen LogP contribution in [0.25, 0.3) is 0 Å². The van der Waals surface area contributed by atoms with Crippen LogP contribution in [-0.2, 0) is 14.3 Å². The van der Waals surface area contributed by atoms with E-state index in [-0.39, 0.29) is 24.6 Å². The first-order chi connectivity index (χ1) is 7.58. The lowest BCUT2D eigenvalue weighted by Crippen LogP contribution is -2.45. The summed E-state index contributed by atoms with van der Waals surface area (Å²) in [5.74, 6) is -1.15. The van der Waals surface area contributed by atoms with E-state index in [4.69, 9.17) is 9.84 Å². The predicted octanol–water partition coefficient (Wildman–Crippen LogP) is -0.704. The number of carboxylic acid groups (broad SMARTS) is 1. The van der Waals surface area contributed by atoms with Crippen molar-refractivity contribution < 1.29 is 19.4 Å². The number of amides is 1. The van der Waals surface area contributed by atoms with E-state index in [1.807, 2.05) is 0 Å². The average molecular weight is 230 g/mol. The fourth-order valence-corrected chi connectivity index (χ4v) is 1.80. The van der Waals surface area contributed by atoms with Gasteiger partial charge in [0.05, 0.1) is 12.1 Å². The van der Waals surface area contributed by atoms with E-state index in [0.717, 1.165) is 0 Å². The van der Waals surface area contributed by atoms with E-state index in [9.17, 15) is 9.59 Å². The van der Waals surface area contributed by atoms with Gasteiger partial charge in [0.2, 0.25) is 5.91 Å². The first-order valence-electron chi connectivity index (χ1n) is 5.35. The van der Waals surface area contributed by atoms with Crippen molar-refractivity contribution in [3.05, 3.63) is 0 Å². The molecule has 1 heterocycles. The monoisotopic (exact) mass is 230 g/mol. The van der Waals surface area contributed by atoms with E-state index in [0.29, 0.717) is 19.5 Å². The number of hydrogen-bond acceptors (Lipinski definition) is 4. The molecule has 2 N–H and O–H groups in total. The molecule has 6 heteroatoms. The van der Waals surface area contributed by atoms with E-state index in [1.54, 1.807) is 14.0 Å². The summed E-state index contributed by atoms with van der Waals surface area (Å²) < 4.78 is 5.14. The van der Waals surface area contributed by atoms with Gasteiger partial charge in [-0.25, -0.2) is 0 Å².